The van der Waals surface area contributed by atoms with E-state index in [9.17, 15) is 9.59 Å². The molecule has 0 spiro atoms. The summed E-state index contributed by atoms with van der Waals surface area (Å²) in [5.74, 6) is -0.137. The smallest absolute Gasteiger partial charge is 0.331 e. The predicted molar refractivity (Wildman–Crippen MR) is 78.1 cm³/mol. The van der Waals surface area contributed by atoms with Gasteiger partial charge in [0, 0.05) is 16.1 Å². The second kappa shape index (κ2) is 5.90. The number of esters is 1. The van der Waals surface area contributed by atoms with Gasteiger partial charge in [-0.05, 0) is 41.1 Å². The number of carbonyl (C=O) groups is 1. The molecule has 0 fully saturated rings. The summed E-state index contributed by atoms with van der Waals surface area (Å²) in [5.41, 5.74) is 0.738. The van der Waals surface area contributed by atoms with E-state index in [1.54, 1.807) is 30.5 Å². The number of carbonyl (C=O) groups excluding carboxylic acids is 1. The molecule has 0 atom stereocenters. The van der Waals surface area contributed by atoms with Gasteiger partial charge >= 0.3 is 10.8 Å². The van der Waals surface area contributed by atoms with Crippen LogP contribution in [0.3, 0.4) is 0 Å². The molecule has 1 aromatic carbocycles. The maximum Gasteiger partial charge on any atom is 0.331 e. The summed E-state index contributed by atoms with van der Waals surface area (Å²) in [6, 6.07) is 4.84. The van der Waals surface area contributed by atoms with Gasteiger partial charge in [0.05, 0.1) is 4.47 Å². The highest BCUT2D eigenvalue weighted by molar-refractivity contribution is 9.10. The zero-order chi connectivity index (χ0) is 14.0. The lowest BCUT2D eigenvalue weighted by atomic mass is 10.3. The molecular weight excluding hydrogens is 354 g/mol. The van der Waals surface area contributed by atoms with Crippen molar-refractivity contribution in [2.75, 3.05) is 0 Å². The molecular formula is C12H9BrClNO3S. The molecule has 1 aromatic heterocycles. The molecule has 1 heterocycles. The zero-order valence-electron chi connectivity index (χ0n) is 9.85. The van der Waals surface area contributed by atoms with E-state index in [0.29, 0.717) is 15.2 Å². The van der Waals surface area contributed by atoms with Gasteiger partial charge in [0.25, 0.3) is 0 Å². The van der Waals surface area contributed by atoms with Crippen LogP contribution in [-0.4, -0.2) is 10.5 Å². The van der Waals surface area contributed by atoms with Crippen molar-refractivity contribution >= 4 is 44.8 Å². The SMILES string of the molecule is Cc1csc(=O)n1CC(=O)Oc1ccc(Cl)cc1Br. The lowest BCUT2D eigenvalue weighted by Crippen LogP contribution is -2.23. The summed E-state index contributed by atoms with van der Waals surface area (Å²) < 4.78 is 7.14. The van der Waals surface area contributed by atoms with Gasteiger partial charge in [0.2, 0.25) is 0 Å². The molecule has 0 saturated heterocycles. The molecule has 0 amide bonds. The van der Waals surface area contributed by atoms with Gasteiger partial charge < -0.3 is 4.74 Å². The molecule has 100 valence electrons. The molecule has 0 unspecified atom stereocenters. The Morgan fingerprint density at radius 3 is 2.84 bits per heavy atom. The quantitative estimate of drug-likeness (QED) is 0.622. The largest absolute Gasteiger partial charge is 0.424 e. The van der Waals surface area contributed by atoms with Crippen molar-refractivity contribution < 1.29 is 9.53 Å². The zero-order valence-corrected chi connectivity index (χ0v) is 13.0. The molecule has 4 nitrogen and oxygen atoms in total. The topological polar surface area (TPSA) is 48.3 Å². The van der Waals surface area contributed by atoms with Crippen LogP contribution in [0, 0.1) is 6.92 Å². The molecule has 0 aliphatic carbocycles. The molecule has 19 heavy (non-hydrogen) atoms. The molecule has 0 aliphatic rings. The van der Waals surface area contributed by atoms with Crippen LogP contribution in [-0.2, 0) is 11.3 Å². The Morgan fingerprint density at radius 2 is 2.26 bits per heavy atom. The van der Waals surface area contributed by atoms with Gasteiger partial charge in [-0.3, -0.25) is 9.36 Å². The Kier molecular flexibility index (Phi) is 4.44. The summed E-state index contributed by atoms with van der Waals surface area (Å²) >= 11 is 10.1. The van der Waals surface area contributed by atoms with E-state index in [0.717, 1.165) is 17.0 Å². The van der Waals surface area contributed by atoms with Crippen LogP contribution in [0.1, 0.15) is 5.69 Å². The number of thiazole rings is 1. The molecule has 7 heteroatoms. The fourth-order valence-electron chi connectivity index (χ4n) is 1.44. The number of ether oxygens (including phenoxy) is 1. The van der Waals surface area contributed by atoms with Crippen LogP contribution in [0.15, 0.2) is 32.8 Å². The summed E-state index contributed by atoms with van der Waals surface area (Å²) in [4.78, 5) is 23.1. The molecule has 0 aliphatic heterocycles. The standard InChI is InChI=1S/C12H9BrClNO3S/c1-7-6-19-12(17)15(7)5-11(16)18-10-3-2-8(14)4-9(10)13/h2-4,6H,5H2,1H3. The summed E-state index contributed by atoms with van der Waals surface area (Å²) in [7, 11) is 0. The van der Waals surface area contributed by atoms with E-state index in [-0.39, 0.29) is 11.4 Å². The Hall–Kier alpha value is -1.11. The Labute approximate surface area is 126 Å². The van der Waals surface area contributed by atoms with E-state index in [1.165, 1.54) is 4.57 Å². The maximum absolute atomic E-state index is 11.8. The third-order valence-corrected chi connectivity index (χ3v) is 4.12. The highest BCUT2D eigenvalue weighted by atomic mass is 79.9. The van der Waals surface area contributed by atoms with Crippen molar-refractivity contribution in [1.29, 1.82) is 0 Å². The second-order valence-electron chi connectivity index (χ2n) is 3.78. The van der Waals surface area contributed by atoms with E-state index in [2.05, 4.69) is 15.9 Å². The second-order valence-corrected chi connectivity index (χ2v) is 5.89. The highest BCUT2D eigenvalue weighted by Crippen LogP contribution is 2.28. The van der Waals surface area contributed by atoms with Gasteiger partial charge in [-0.25, -0.2) is 4.79 Å². The number of aromatic nitrogens is 1. The lowest BCUT2D eigenvalue weighted by Gasteiger charge is -2.07. The van der Waals surface area contributed by atoms with Crippen molar-refractivity contribution in [2.45, 2.75) is 13.5 Å². The van der Waals surface area contributed by atoms with Crippen molar-refractivity contribution in [2.24, 2.45) is 0 Å². The van der Waals surface area contributed by atoms with Crippen molar-refractivity contribution in [3.8, 4) is 5.75 Å². The Morgan fingerprint density at radius 1 is 1.53 bits per heavy atom. The van der Waals surface area contributed by atoms with Crippen molar-refractivity contribution in [3.05, 3.63) is 48.4 Å². The number of rotatable bonds is 3. The molecule has 0 radical (unpaired) electrons. The highest BCUT2D eigenvalue weighted by Gasteiger charge is 2.12. The molecule has 0 N–H and O–H groups in total. The minimum absolute atomic E-state index is 0.108. The average molecular weight is 363 g/mol. The Balaban J connectivity index is 2.12. The van der Waals surface area contributed by atoms with E-state index in [4.69, 9.17) is 16.3 Å². The number of halogens is 2. The fourth-order valence-corrected chi connectivity index (χ4v) is 2.94. The van der Waals surface area contributed by atoms with E-state index in [1.807, 2.05) is 0 Å². The number of hydrogen-bond donors (Lipinski definition) is 0. The van der Waals surface area contributed by atoms with Gasteiger partial charge in [-0.1, -0.05) is 22.9 Å². The van der Waals surface area contributed by atoms with E-state index < -0.39 is 5.97 Å². The first kappa shape index (κ1) is 14.3. The average Bonchev–Trinajstić information content (AvgIpc) is 2.65. The molecule has 0 bridgehead atoms. The fraction of sp³-hybridized carbons (Fsp3) is 0.167. The first-order valence-electron chi connectivity index (χ1n) is 5.28. The minimum atomic E-state index is -0.508. The van der Waals surface area contributed by atoms with Crippen LogP contribution in [0.2, 0.25) is 5.02 Å². The maximum atomic E-state index is 11.8. The van der Waals surface area contributed by atoms with Crippen LogP contribution in [0.4, 0.5) is 0 Å². The van der Waals surface area contributed by atoms with Crippen LogP contribution >= 0.6 is 38.9 Å². The molecule has 2 rings (SSSR count). The van der Waals surface area contributed by atoms with Crippen LogP contribution < -0.4 is 9.61 Å². The monoisotopic (exact) mass is 361 g/mol. The third kappa shape index (κ3) is 3.46. The molecule has 2 aromatic rings. The lowest BCUT2D eigenvalue weighted by molar-refractivity contribution is -0.135. The van der Waals surface area contributed by atoms with Crippen LogP contribution in [0.25, 0.3) is 0 Å². The van der Waals surface area contributed by atoms with Crippen LogP contribution in [0.5, 0.6) is 5.75 Å². The normalized spacial score (nSPS) is 10.5. The minimum Gasteiger partial charge on any atom is -0.424 e. The summed E-state index contributed by atoms with van der Waals surface area (Å²) in [6.07, 6.45) is 0. The summed E-state index contributed by atoms with van der Waals surface area (Å²) in [6.45, 7) is 1.66. The van der Waals surface area contributed by atoms with Crippen molar-refractivity contribution in [1.82, 2.24) is 4.57 Å². The third-order valence-electron chi connectivity index (χ3n) is 2.38. The van der Waals surface area contributed by atoms with Gasteiger partial charge in [0.15, 0.2) is 0 Å². The van der Waals surface area contributed by atoms with E-state index >= 15 is 0 Å². The first-order chi connectivity index (χ1) is 8.97. The van der Waals surface area contributed by atoms with Gasteiger partial charge in [0.1, 0.15) is 12.3 Å². The van der Waals surface area contributed by atoms with Gasteiger partial charge in [-0.2, -0.15) is 0 Å². The van der Waals surface area contributed by atoms with Gasteiger partial charge in [-0.15, -0.1) is 0 Å². The number of hydrogen-bond acceptors (Lipinski definition) is 4. The number of aryl methyl sites for hydroxylation is 1. The predicted octanol–water partition coefficient (Wildman–Crippen LogP) is 3.24. The first-order valence-corrected chi connectivity index (χ1v) is 7.33. The Bertz CT molecular complexity index is 680. The van der Waals surface area contributed by atoms with Crippen molar-refractivity contribution in [3.63, 3.8) is 0 Å². The number of benzene rings is 1. The summed E-state index contributed by atoms with van der Waals surface area (Å²) in [5, 5.41) is 2.24. The number of nitrogens with zero attached hydrogens (tertiary/aromatic N) is 1. The molecule has 0 saturated carbocycles.